The van der Waals surface area contributed by atoms with E-state index < -0.39 is 42.2 Å². The van der Waals surface area contributed by atoms with Gasteiger partial charge in [-0.1, -0.05) is 36.4 Å². The van der Waals surface area contributed by atoms with E-state index in [0.29, 0.717) is 24.2 Å². The Morgan fingerprint density at radius 3 is 2.45 bits per heavy atom. The summed E-state index contributed by atoms with van der Waals surface area (Å²) in [5.74, 6) is -1.01. The fourth-order valence-electron chi connectivity index (χ4n) is 3.94. The van der Waals surface area contributed by atoms with Gasteiger partial charge in [0.2, 0.25) is 0 Å². The van der Waals surface area contributed by atoms with Crippen LogP contribution in [-0.2, 0) is 4.79 Å². The summed E-state index contributed by atoms with van der Waals surface area (Å²) in [6.07, 6.45) is -5.20. The number of Topliss-reactive ketones (excluding diaryl/α,β-unsaturated/α-hetero) is 1. The summed E-state index contributed by atoms with van der Waals surface area (Å²) in [7, 11) is 0. The van der Waals surface area contributed by atoms with Gasteiger partial charge in [0.15, 0.2) is 5.78 Å². The Hall–Kier alpha value is -2.89. The van der Waals surface area contributed by atoms with Gasteiger partial charge in [-0.2, -0.15) is 18.4 Å². The van der Waals surface area contributed by atoms with Gasteiger partial charge in [-0.3, -0.25) is 4.79 Å². The summed E-state index contributed by atoms with van der Waals surface area (Å²) in [6.45, 7) is 0.560. The van der Waals surface area contributed by atoms with Crippen LogP contribution in [0.15, 0.2) is 42.0 Å². The highest BCUT2D eigenvalue weighted by Crippen LogP contribution is 2.44. The molecule has 8 heteroatoms. The number of carbonyl (C=O) groups excluding carboxylic acids is 1. The number of carbonyl (C=O) groups is 1. The number of hydrogen-bond acceptors (Lipinski definition) is 5. The molecule has 0 aromatic heterocycles. The summed E-state index contributed by atoms with van der Waals surface area (Å²) in [5.41, 5.74) is -2.06. The molecule has 0 aliphatic carbocycles. The number of ketones is 1. The smallest absolute Gasteiger partial charge is 0.394 e. The molecule has 1 saturated heterocycles. The number of aliphatic hydroxyl groups excluding tert-OH is 2. The van der Waals surface area contributed by atoms with E-state index in [1.807, 2.05) is 11.0 Å². The molecule has 0 amide bonds. The fraction of sp³-hybridized carbons (Fsp3) is 0.391. The maximum absolute atomic E-state index is 14.3. The van der Waals surface area contributed by atoms with E-state index in [1.165, 1.54) is 12.1 Å². The number of hydrogen-bond donors (Lipinski definition) is 2. The minimum absolute atomic E-state index is 0.194. The van der Waals surface area contributed by atoms with E-state index in [4.69, 9.17) is 5.11 Å². The normalized spacial score (nSPS) is 16.2. The average Bonchev–Trinajstić information content (AvgIpc) is 3.28. The second kappa shape index (κ2) is 9.50. The van der Waals surface area contributed by atoms with Crippen LogP contribution in [0, 0.1) is 11.3 Å². The molecule has 0 saturated carbocycles. The van der Waals surface area contributed by atoms with Crippen molar-refractivity contribution < 1.29 is 28.2 Å². The van der Waals surface area contributed by atoms with Crippen molar-refractivity contribution >= 4 is 27.8 Å². The monoisotopic (exact) mass is 432 g/mol. The van der Waals surface area contributed by atoms with E-state index in [1.54, 1.807) is 24.3 Å². The van der Waals surface area contributed by atoms with Gasteiger partial charge in [-0.05, 0) is 24.6 Å². The van der Waals surface area contributed by atoms with Crippen molar-refractivity contribution in [2.45, 2.75) is 38.0 Å². The first kappa shape index (κ1) is 22.8. The molecular weight excluding hydrogens is 409 g/mol. The van der Waals surface area contributed by atoms with Gasteiger partial charge in [0.05, 0.1) is 24.0 Å². The van der Waals surface area contributed by atoms with Crippen molar-refractivity contribution in [3.63, 3.8) is 0 Å². The zero-order chi connectivity index (χ0) is 22.6. The highest BCUT2D eigenvalue weighted by atomic mass is 19.4. The first-order valence-corrected chi connectivity index (χ1v) is 10.1. The Bertz CT molecular complexity index is 1030. The zero-order valence-electron chi connectivity index (χ0n) is 16.8. The third-order valence-corrected chi connectivity index (χ3v) is 5.43. The van der Waals surface area contributed by atoms with Crippen molar-refractivity contribution in [3.05, 3.63) is 47.5 Å². The molecule has 3 rings (SSSR count). The number of nitriles is 1. The predicted molar refractivity (Wildman–Crippen MR) is 111 cm³/mol. The van der Waals surface area contributed by atoms with E-state index in [9.17, 15) is 28.3 Å². The van der Waals surface area contributed by atoms with Crippen LogP contribution < -0.4 is 4.90 Å². The minimum atomic E-state index is -4.94. The first-order valence-electron chi connectivity index (χ1n) is 10.1. The van der Waals surface area contributed by atoms with Crippen LogP contribution in [-0.4, -0.2) is 48.0 Å². The number of fused-ring (bicyclic) bond motifs is 1. The number of anilines is 1. The van der Waals surface area contributed by atoms with Gasteiger partial charge in [0, 0.05) is 30.5 Å². The lowest BCUT2D eigenvalue weighted by Crippen LogP contribution is -2.23. The van der Waals surface area contributed by atoms with Crippen LogP contribution in [0.1, 0.15) is 31.2 Å². The second-order valence-corrected chi connectivity index (χ2v) is 7.53. The van der Waals surface area contributed by atoms with Crippen LogP contribution in [0.5, 0.6) is 0 Å². The maximum Gasteiger partial charge on any atom is 0.418 e. The number of aliphatic hydroxyl groups is 2. The van der Waals surface area contributed by atoms with Crippen LogP contribution in [0.4, 0.5) is 18.9 Å². The van der Waals surface area contributed by atoms with Crippen molar-refractivity contribution in [2.24, 2.45) is 0 Å². The topological polar surface area (TPSA) is 84.6 Å². The lowest BCUT2D eigenvalue weighted by Gasteiger charge is -2.26. The van der Waals surface area contributed by atoms with E-state index in [2.05, 4.69) is 0 Å². The second-order valence-electron chi connectivity index (χ2n) is 7.53. The highest BCUT2D eigenvalue weighted by Gasteiger charge is 2.41. The quantitative estimate of drug-likeness (QED) is 0.511. The standard InChI is InChI=1S/C23H23F3N2O3/c24-23(25,26)21(19(13-27)20(31)10-8-16(30)14-29)18-9-7-15-5-1-2-6-17(15)22(18)28-11-3-4-12-28/h1-2,5-7,9,16,29-30H,3-4,8,10-12,14H2/b21-19-. The maximum atomic E-state index is 14.3. The van der Waals surface area contributed by atoms with Crippen LogP contribution >= 0.6 is 0 Å². The molecular formula is C23H23F3N2O3. The number of benzene rings is 2. The largest absolute Gasteiger partial charge is 0.418 e. The summed E-state index contributed by atoms with van der Waals surface area (Å²) in [4.78, 5) is 14.4. The molecule has 1 aliphatic heterocycles. The lowest BCUT2D eigenvalue weighted by molar-refractivity contribution is -0.116. The van der Waals surface area contributed by atoms with Crippen molar-refractivity contribution in [1.82, 2.24) is 0 Å². The van der Waals surface area contributed by atoms with Crippen LogP contribution in [0.2, 0.25) is 0 Å². The molecule has 164 valence electrons. The van der Waals surface area contributed by atoms with Gasteiger partial charge in [-0.25, -0.2) is 0 Å². The number of halogens is 3. The van der Waals surface area contributed by atoms with Crippen molar-refractivity contribution in [2.75, 3.05) is 24.6 Å². The summed E-state index contributed by atoms with van der Waals surface area (Å²) in [6, 6.07) is 11.4. The first-order chi connectivity index (χ1) is 14.8. The van der Waals surface area contributed by atoms with Gasteiger partial charge in [0.25, 0.3) is 0 Å². The third-order valence-electron chi connectivity index (χ3n) is 5.43. The van der Waals surface area contributed by atoms with Gasteiger partial charge in [-0.15, -0.1) is 0 Å². The fourth-order valence-corrected chi connectivity index (χ4v) is 3.94. The Labute approximate surface area is 178 Å². The molecule has 1 fully saturated rings. The molecule has 1 aliphatic rings. The molecule has 1 heterocycles. The van der Waals surface area contributed by atoms with E-state index in [-0.39, 0.29) is 12.0 Å². The molecule has 1 unspecified atom stereocenters. The van der Waals surface area contributed by atoms with Gasteiger partial charge in [0.1, 0.15) is 11.6 Å². The Kier molecular flexibility index (Phi) is 6.98. The number of nitrogens with zero attached hydrogens (tertiary/aromatic N) is 2. The molecule has 2 aromatic carbocycles. The van der Waals surface area contributed by atoms with Crippen molar-refractivity contribution in [1.29, 1.82) is 5.26 Å². The predicted octanol–water partition coefficient (Wildman–Crippen LogP) is 3.98. The Morgan fingerprint density at radius 1 is 1.16 bits per heavy atom. The van der Waals surface area contributed by atoms with E-state index in [0.717, 1.165) is 18.2 Å². The van der Waals surface area contributed by atoms with Crippen LogP contribution in [0.3, 0.4) is 0 Å². The Balaban J connectivity index is 2.23. The Morgan fingerprint density at radius 2 is 1.84 bits per heavy atom. The summed E-state index contributed by atoms with van der Waals surface area (Å²) < 4.78 is 42.8. The van der Waals surface area contributed by atoms with Crippen molar-refractivity contribution in [3.8, 4) is 6.07 Å². The molecule has 0 bridgehead atoms. The highest BCUT2D eigenvalue weighted by molar-refractivity contribution is 6.10. The molecule has 0 radical (unpaired) electrons. The molecule has 2 N–H and O–H groups in total. The summed E-state index contributed by atoms with van der Waals surface area (Å²) in [5, 5.41) is 29.3. The molecule has 2 aromatic rings. The SMILES string of the molecule is N#C/C(C(=O)CCC(O)CO)=C(\c1ccc2ccccc2c1N1CCCC1)C(F)(F)F. The number of alkyl halides is 3. The molecule has 0 spiro atoms. The molecule has 5 nitrogen and oxygen atoms in total. The van der Waals surface area contributed by atoms with Gasteiger partial charge >= 0.3 is 6.18 Å². The van der Waals surface area contributed by atoms with E-state index >= 15 is 0 Å². The van der Waals surface area contributed by atoms with Crippen LogP contribution in [0.25, 0.3) is 16.3 Å². The third kappa shape index (κ3) is 4.89. The lowest BCUT2D eigenvalue weighted by atomic mass is 9.91. The average molecular weight is 432 g/mol. The minimum Gasteiger partial charge on any atom is -0.394 e. The van der Waals surface area contributed by atoms with Gasteiger partial charge < -0.3 is 15.1 Å². The zero-order valence-corrected chi connectivity index (χ0v) is 16.8. The molecule has 1 atom stereocenters. The summed E-state index contributed by atoms with van der Waals surface area (Å²) >= 11 is 0. The number of rotatable bonds is 7. The number of allylic oxidation sites excluding steroid dienone is 2. The molecule has 31 heavy (non-hydrogen) atoms.